The summed E-state index contributed by atoms with van der Waals surface area (Å²) in [5.74, 6) is 0. The van der Waals surface area contributed by atoms with Gasteiger partial charge in [-0.2, -0.15) is 0 Å². The van der Waals surface area contributed by atoms with Gasteiger partial charge in [0, 0.05) is 6.04 Å². The lowest BCUT2D eigenvalue weighted by Gasteiger charge is -2.44. The molecule has 0 aliphatic carbocycles. The largest absolute Gasteiger partial charge is 0.453 e. The number of benzene rings is 1. The molecule has 0 bridgehead atoms. The van der Waals surface area contributed by atoms with Crippen molar-refractivity contribution in [3.8, 4) is 0 Å². The van der Waals surface area contributed by atoms with Crippen LogP contribution in [-0.2, 0) is 9.47 Å². The first-order valence-electron chi connectivity index (χ1n) is 6.29. The van der Waals surface area contributed by atoms with Gasteiger partial charge in [-0.3, -0.25) is 4.90 Å². The van der Waals surface area contributed by atoms with Gasteiger partial charge in [-0.1, -0.05) is 30.3 Å². The Kier molecular flexibility index (Phi) is 2.74. The lowest BCUT2D eigenvalue weighted by Crippen LogP contribution is -2.54. The second-order valence-corrected chi connectivity index (χ2v) is 4.96. The Balaban J connectivity index is 1.84. The van der Waals surface area contributed by atoms with E-state index in [-0.39, 0.29) is 30.4 Å². The fraction of sp³-hybridized carbons (Fsp3) is 0.500. The molecule has 2 fully saturated rings. The maximum atomic E-state index is 11.8. The van der Waals surface area contributed by atoms with E-state index < -0.39 is 0 Å². The summed E-state index contributed by atoms with van der Waals surface area (Å²) < 4.78 is 10.8. The van der Waals surface area contributed by atoms with Crippen LogP contribution in [0.1, 0.15) is 25.0 Å². The smallest absolute Gasteiger partial charge is 0.410 e. The Morgan fingerprint density at radius 1 is 1.39 bits per heavy atom. The van der Waals surface area contributed by atoms with Crippen molar-refractivity contribution in [3.05, 3.63) is 35.9 Å². The van der Waals surface area contributed by atoms with E-state index in [0.717, 1.165) is 12.0 Å². The highest BCUT2D eigenvalue weighted by Crippen LogP contribution is 2.46. The third-order valence-electron chi connectivity index (χ3n) is 3.90. The molecule has 3 rings (SSSR count). The minimum atomic E-state index is -0.251. The Morgan fingerprint density at radius 3 is 2.78 bits per heavy atom. The highest BCUT2D eigenvalue weighted by molar-refractivity contribution is 5.69. The number of amides is 1. The fourth-order valence-electron chi connectivity index (χ4n) is 3.04. The number of carbonyl (C=O) groups is 1. The van der Waals surface area contributed by atoms with E-state index >= 15 is 0 Å². The van der Waals surface area contributed by atoms with E-state index in [1.54, 1.807) is 0 Å². The summed E-state index contributed by atoms with van der Waals surface area (Å²) in [6, 6.07) is 10.4. The van der Waals surface area contributed by atoms with Crippen LogP contribution in [0, 0.1) is 0 Å². The van der Waals surface area contributed by atoms with Crippen molar-refractivity contribution in [2.45, 2.75) is 37.6 Å². The maximum absolute atomic E-state index is 11.8. The Bertz CT molecular complexity index is 448. The number of fused-ring (bicyclic) bond motifs is 1. The molecule has 0 radical (unpaired) electrons. The molecule has 0 spiro atoms. The summed E-state index contributed by atoms with van der Waals surface area (Å²) in [4.78, 5) is 13.7. The fourth-order valence-corrected chi connectivity index (χ4v) is 3.04. The molecule has 4 nitrogen and oxygen atoms in total. The molecule has 4 atom stereocenters. The minimum absolute atomic E-state index is 0.0137. The minimum Gasteiger partial charge on any atom is -0.453 e. The summed E-state index contributed by atoms with van der Waals surface area (Å²) in [5.41, 5.74) is 1.13. The van der Waals surface area contributed by atoms with Gasteiger partial charge in [-0.15, -0.1) is 0 Å². The van der Waals surface area contributed by atoms with Crippen molar-refractivity contribution in [1.82, 2.24) is 4.90 Å². The van der Waals surface area contributed by atoms with E-state index in [2.05, 4.69) is 0 Å². The van der Waals surface area contributed by atoms with Gasteiger partial charge in [-0.25, -0.2) is 4.79 Å². The summed E-state index contributed by atoms with van der Waals surface area (Å²) in [6.07, 6.45) is 0.784. The van der Waals surface area contributed by atoms with Crippen LogP contribution in [-0.4, -0.2) is 36.3 Å². The van der Waals surface area contributed by atoms with Crippen LogP contribution in [0.3, 0.4) is 0 Å². The number of ether oxygens (including phenoxy) is 2. The van der Waals surface area contributed by atoms with E-state index in [4.69, 9.17) is 9.47 Å². The van der Waals surface area contributed by atoms with E-state index in [0.29, 0.717) is 0 Å². The summed E-state index contributed by atoms with van der Waals surface area (Å²) in [5, 5.41) is 0. The zero-order valence-corrected chi connectivity index (χ0v) is 10.6. The summed E-state index contributed by atoms with van der Waals surface area (Å²) >= 11 is 0. The van der Waals surface area contributed by atoms with Gasteiger partial charge < -0.3 is 9.47 Å². The lowest BCUT2D eigenvalue weighted by atomic mass is 9.92. The van der Waals surface area contributed by atoms with Crippen molar-refractivity contribution in [2.75, 3.05) is 7.11 Å². The van der Waals surface area contributed by atoms with Crippen molar-refractivity contribution in [1.29, 1.82) is 0 Å². The lowest BCUT2D eigenvalue weighted by molar-refractivity contribution is -0.162. The number of hydrogen-bond donors (Lipinski definition) is 0. The zero-order valence-electron chi connectivity index (χ0n) is 10.6. The molecular weight excluding hydrogens is 230 g/mol. The summed E-state index contributed by atoms with van der Waals surface area (Å²) in [6.45, 7) is 2.04. The standard InChI is InChI=1S/C14H17NO3/c1-9-8-11-12(15(9)14(16)17-2)13(18-11)10-6-4-3-5-7-10/h3-7,9,11-13H,8H2,1-2H3/t9-,11+,12-,13-/m1/s1. The topological polar surface area (TPSA) is 38.8 Å². The van der Waals surface area contributed by atoms with Crippen LogP contribution < -0.4 is 0 Å². The Hall–Kier alpha value is -1.55. The highest BCUT2D eigenvalue weighted by Gasteiger charge is 2.55. The zero-order chi connectivity index (χ0) is 12.7. The molecule has 18 heavy (non-hydrogen) atoms. The average Bonchev–Trinajstić information content (AvgIpc) is 2.63. The molecule has 0 unspecified atom stereocenters. The van der Waals surface area contributed by atoms with Crippen LogP contribution in [0.15, 0.2) is 30.3 Å². The Morgan fingerprint density at radius 2 is 2.11 bits per heavy atom. The van der Waals surface area contributed by atoms with Crippen molar-refractivity contribution in [3.63, 3.8) is 0 Å². The highest BCUT2D eigenvalue weighted by atomic mass is 16.6. The first-order valence-corrected chi connectivity index (χ1v) is 6.29. The van der Waals surface area contributed by atoms with Gasteiger partial charge in [0.2, 0.25) is 0 Å². The number of rotatable bonds is 1. The molecule has 4 heteroatoms. The molecular formula is C14H17NO3. The molecule has 2 aliphatic rings. The monoisotopic (exact) mass is 247 g/mol. The molecule has 0 saturated carbocycles. The van der Waals surface area contributed by atoms with Crippen LogP contribution in [0.4, 0.5) is 4.79 Å². The molecule has 2 heterocycles. The first-order chi connectivity index (χ1) is 8.72. The third kappa shape index (κ3) is 1.60. The second-order valence-electron chi connectivity index (χ2n) is 4.96. The van der Waals surface area contributed by atoms with Crippen LogP contribution >= 0.6 is 0 Å². The van der Waals surface area contributed by atoms with Crippen molar-refractivity contribution >= 4 is 6.09 Å². The van der Waals surface area contributed by atoms with Gasteiger partial charge >= 0.3 is 6.09 Å². The third-order valence-corrected chi connectivity index (χ3v) is 3.90. The predicted molar refractivity (Wildman–Crippen MR) is 66.2 cm³/mol. The van der Waals surface area contributed by atoms with Gasteiger partial charge in [0.15, 0.2) is 0 Å². The maximum Gasteiger partial charge on any atom is 0.410 e. The summed E-state index contributed by atoms with van der Waals surface area (Å²) in [7, 11) is 1.43. The SMILES string of the molecule is COC(=O)N1[C@@H]2[C@H](C[C@H]1C)O[C@@H]2c1ccccc1. The number of carbonyl (C=O) groups excluding carboxylic acids is 1. The second kappa shape index (κ2) is 4.28. The molecule has 96 valence electrons. The van der Waals surface area contributed by atoms with Gasteiger partial charge in [0.1, 0.15) is 6.10 Å². The molecule has 1 amide bonds. The first kappa shape index (κ1) is 11.5. The predicted octanol–water partition coefficient (Wildman–Crippen LogP) is 2.36. The van der Waals surface area contributed by atoms with Crippen LogP contribution in [0.5, 0.6) is 0 Å². The number of nitrogens with zero attached hydrogens (tertiary/aromatic N) is 1. The van der Waals surface area contributed by atoms with Crippen LogP contribution in [0.2, 0.25) is 0 Å². The molecule has 2 aliphatic heterocycles. The van der Waals surface area contributed by atoms with E-state index in [9.17, 15) is 4.79 Å². The molecule has 0 N–H and O–H groups in total. The van der Waals surface area contributed by atoms with Crippen molar-refractivity contribution < 1.29 is 14.3 Å². The molecule has 0 aromatic heterocycles. The Labute approximate surface area is 106 Å². The van der Waals surface area contributed by atoms with Gasteiger partial charge in [0.25, 0.3) is 0 Å². The number of likely N-dealkylation sites (tertiary alicyclic amines) is 1. The molecule has 2 saturated heterocycles. The van der Waals surface area contributed by atoms with Gasteiger partial charge in [0.05, 0.1) is 19.3 Å². The van der Waals surface area contributed by atoms with Crippen LogP contribution in [0.25, 0.3) is 0 Å². The number of methoxy groups -OCH3 is 1. The van der Waals surface area contributed by atoms with E-state index in [1.807, 2.05) is 42.2 Å². The number of hydrogen-bond acceptors (Lipinski definition) is 3. The van der Waals surface area contributed by atoms with Crippen molar-refractivity contribution in [2.24, 2.45) is 0 Å². The average molecular weight is 247 g/mol. The normalized spacial score (nSPS) is 33.8. The quantitative estimate of drug-likeness (QED) is 0.764. The molecule has 1 aromatic rings. The molecule has 1 aromatic carbocycles. The van der Waals surface area contributed by atoms with E-state index in [1.165, 1.54) is 7.11 Å². The van der Waals surface area contributed by atoms with Gasteiger partial charge in [-0.05, 0) is 18.9 Å².